The molecule has 1 unspecified atom stereocenters. The average molecular weight is 330 g/mol. The lowest BCUT2D eigenvalue weighted by molar-refractivity contribution is 0.664. The maximum atomic E-state index is 6.39. The summed E-state index contributed by atoms with van der Waals surface area (Å²) in [6.07, 6.45) is 2.23. The molecule has 2 aromatic heterocycles. The number of hydrogen-bond acceptors (Lipinski definition) is 5. The minimum absolute atomic E-state index is 0.255. The zero-order valence-corrected chi connectivity index (χ0v) is 13.7. The number of aromatic nitrogens is 5. The first kappa shape index (κ1) is 15.4. The van der Waals surface area contributed by atoms with Gasteiger partial charge in [-0.3, -0.25) is 0 Å². The van der Waals surface area contributed by atoms with Gasteiger partial charge in [0.05, 0.1) is 18.3 Å². The highest BCUT2D eigenvalue weighted by Gasteiger charge is 2.17. The van der Waals surface area contributed by atoms with Gasteiger partial charge in [-0.15, -0.1) is 5.10 Å². The van der Waals surface area contributed by atoms with Crippen molar-refractivity contribution < 1.29 is 0 Å². The fourth-order valence-electron chi connectivity index (χ4n) is 2.91. The smallest absolute Gasteiger partial charge is 0.182 e. The fraction of sp³-hybridized carbons (Fsp3) is 0.158. The molecule has 4 aromatic rings. The maximum absolute atomic E-state index is 6.39. The van der Waals surface area contributed by atoms with Crippen LogP contribution in [0.1, 0.15) is 22.9 Å². The van der Waals surface area contributed by atoms with Crippen LogP contribution in [-0.4, -0.2) is 25.0 Å². The van der Waals surface area contributed by atoms with Crippen molar-refractivity contribution in [2.24, 2.45) is 5.73 Å². The van der Waals surface area contributed by atoms with E-state index in [2.05, 4.69) is 44.5 Å². The van der Waals surface area contributed by atoms with Gasteiger partial charge >= 0.3 is 0 Å². The third kappa shape index (κ3) is 3.25. The Balaban J connectivity index is 1.64. The van der Waals surface area contributed by atoms with E-state index in [1.165, 1.54) is 11.9 Å². The van der Waals surface area contributed by atoms with E-state index in [0.717, 1.165) is 11.3 Å². The van der Waals surface area contributed by atoms with Crippen LogP contribution in [0.15, 0.2) is 67.0 Å². The molecule has 124 valence electrons. The van der Waals surface area contributed by atoms with E-state index in [9.17, 15) is 0 Å². The summed E-state index contributed by atoms with van der Waals surface area (Å²) in [4.78, 5) is 8.73. The highest BCUT2D eigenvalue weighted by molar-refractivity contribution is 5.72. The van der Waals surface area contributed by atoms with E-state index < -0.39 is 0 Å². The minimum Gasteiger partial charge on any atom is -0.322 e. The molecule has 2 heterocycles. The molecule has 25 heavy (non-hydrogen) atoms. The summed E-state index contributed by atoms with van der Waals surface area (Å²) < 4.78 is 1.78. The lowest BCUT2D eigenvalue weighted by atomic mass is 10.0. The molecule has 0 saturated carbocycles. The van der Waals surface area contributed by atoms with Crippen LogP contribution in [0.5, 0.6) is 0 Å². The quantitative estimate of drug-likeness (QED) is 0.608. The maximum Gasteiger partial charge on any atom is 0.182 e. The highest BCUT2D eigenvalue weighted by Crippen LogP contribution is 2.20. The predicted octanol–water partition coefficient (Wildman–Crippen LogP) is 2.51. The summed E-state index contributed by atoms with van der Waals surface area (Å²) in [6.45, 7) is 0.613. The van der Waals surface area contributed by atoms with Crippen molar-refractivity contribution >= 4 is 11.2 Å². The first-order chi connectivity index (χ1) is 12.3. The molecule has 0 amide bonds. The Morgan fingerprint density at radius 2 is 1.56 bits per heavy atom. The second-order valence-electron chi connectivity index (χ2n) is 5.96. The van der Waals surface area contributed by atoms with Crippen molar-refractivity contribution in [3.63, 3.8) is 0 Å². The Morgan fingerprint density at radius 1 is 0.880 bits per heavy atom. The summed E-state index contributed by atoms with van der Waals surface area (Å²) >= 11 is 0. The molecule has 0 aliphatic rings. The van der Waals surface area contributed by atoms with E-state index >= 15 is 0 Å². The van der Waals surface area contributed by atoms with Gasteiger partial charge in [0.15, 0.2) is 11.2 Å². The average Bonchev–Trinajstić information content (AvgIpc) is 3.06. The molecule has 0 spiro atoms. The van der Waals surface area contributed by atoms with E-state index in [1.807, 2.05) is 36.4 Å². The van der Waals surface area contributed by atoms with Gasteiger partial charge in [0.25, 0.3) is 0 Å². The fourth-order valence-corrected chi connectivity index (χ4v) is 2.91. The Morgan fingerprint density at radius 3 is 2.28 bits per heavy atom. The van der Waals surface area contributed by atoms with Crippen molar-refractivity contribution in [1.82, 2.24) is 25.0 Å². The van der Waals surface area contributed by atoms with Crippen molar-refractivity contribution in [3.05, 3.63) is 83.8 Å². The molecular weight excluding hydrogens is 312 g/mol. The van der Waals surface area contributed by atoms with Crippen LogP contribution in [0.3, 0.4) is 0 Å². The van der Waals surface area contributed by atoms with Gasteiger partial charge < -0.3 is 5.73 Å². The third-order valence-electron chi connectivity index (χ3n) is 4.15. The van der Waals surface area contributed by atoms with Crippen molar-refractivity contribution in [1.29, 1.82) is 0 Å². The number of benzene rings is 2. The Labute approximate surface area is 145 Å². The zero-order chi connectivity index (χ0) is 17.1. The monoisotopic (exact) mass is 330 g/mol. The van der Waals surface area contributed by atoms with Crippen LogP contribution in [0, 0.1) is 0 Å². The van der Waals surface area contributed by atoms with Crippen LogP contribution < -0.4 is 5.73 Å². The lowest BCUT2D eigenvalue weighted by Crippen LogP contribution is -2.16. The third-order valence-corrected chi connectivity index (χ3v) is 4.15. The molecule has 2 N–H and O–H groups in total. The number of fused-ring (bicyclic) bond motifs is 1. The predicted molar refractivity (Wildman–Crippen MR) is 95.7 cm³/mol. The van der Waals surface area contributed by atoms with Gasteiger partial charge in [-0.25, -0.2) is 14.6 Å². The van der Waals surface area contributed by atoms with Crippen molar-refractivity contribution in [2.75, 3.05) is 0 Å². The Kier molecular flexibility index (Phi) is 4.18. The summed E-state index contributed by atoms with van der Waals surface area (Å²) in [5.74, 6) is 0. The van der Waals surface area contributed by atoms with Gasteiger partial charge in [-0.1, -0.05) is 65.9 Å². The standard InChI is InChI=1S/C19H18N6/c20-16(11-14-7-3-1-4-8-14)17-18-19(22-13-21-17)25(24-23-18)12-15-9-5-2-6-10-15/h1-10,13,16H,11-12,20H2. The molecule has 0 saturated heterocycles. The van der Waals surface area contributed by atoms with Crippen molar-refractivity contribution in [3.8, 4) is 0 Å². The van der Waals surface area contributed by atoms with Crippen LogP contribution in [0.2, 0.25) is 0 Å². The van der Waals surface area contributed by atoms with Gasteiger partial charge in [0.2, 0.25) is 0 Å². The summed E-state index contributed by atoms with van der Waals surface area (Å²) in [5, 5.41) is 8.53. The van der Waals surface area contributed by atoms with Crippen LogP contribution in [0.4, 0.5) is 0 Å². The molecule has 0 fully saturated rings. The summed E-state index contributed by atoms with van der Waals surface area (Å²) in [6, 6.07) is 20.0. The van der Waals surface area contributed by atoms with Crippen molar-refractivity contribution in [2.45, 2.75) is 19.0 Å². The lowest BCUT2D eigenvalue weighted by Gasteiger charge is -2.11. The molecule has 6 nitrogen and oxygen atoms in total. The highest BCUT2D eigenvalue weighted by atomic mass is 15.4. The molecule has 0 bridgehead atoms. The number of rotatable bonds is 5. The molecule has 0 aliphatic heterocycles. The van der Waals surface area contributed by atoms with E-state index in [1.54, 1.807) is 4.68 Å². The Hall–Kier alpha value is -3.12. The van der Waals surface area contributed by atoms with E-state index in [4.69, 9.17) is 5.73 Å². The number of hydrogen-bond donors (Lipinski definition) is 1. The van der Waals surface area contributed by atoms with Gasteiger partial charge in [-0.2, -0.15) is 0 Å². The summed E-state index contributed by atoms with van der Waals surface area (Å²) in [7, 11) is 0. The Bertz CT molecular complexity index is 965. The van der Waals surface area contributed by atoms with Crippen LogP contribution >= 0.6 is 0 Å². The van der Waals surface area contributed by atoms with Gasteiger partial charge in [0, 0.05) is 0 Å². The number of nitrogens with zero attached hydrogens (tertiary/aromatic N) is 5. The molecule has 0 aliphatic carbocycles. The normalized spacial score (nSPS) is 12.4. The second kappa shape index (κ2) is 6.78. The topological polar surface area (TPSA) is 82.5 Å². The molecule has 0 radical (unpaired) electrons. The minimum atomic E-state index is -0.255. The molecule has 2 aromatic carbocycles. The van der Waals surface area contributed by atoms with Crippen LogP contribution in [0.25, 0.3) is 11.2 Å². The van der Waals surface area contributed by atoms with E-state index in [-0.39, 0.29) is 6.04 Å². The molecule has 1 atom stereocenters. The molecular formula is C19H18N6. The molecule has 4 rings (SSSR count). The first-order valence-electron chi connectivity index (χ1n) is 8.19. The number of nitrogens with two attached hydrogens (primary N) is 1. The van der Waals surface area contributed by atoms with Gasteiger partial charge in [0.1, 0.15) is 6.33 Å². The summed E-state index contributed by atoms with van der Waals surface area (Å²) in [5.41, 5.74) is 10.8. The van der Waals surface area contributed by atoms with Crippen LogP contribution in [-0.2, 0) is 13.0 Å². The SMILES string of the molecule is NC(Cc1ccccc1)c1ncnc2c1nnn2Cc1ccccc1. The van der Waals surface area contributed by atoms with Gasteiger partial charge in [-0.05, 0) is 17.5 Å². The zero-order valence-electron chi connectivity index (χ0n) is 13.7. The largest absolute Gasteiger partial charge is 0.322 e. The second-order valence-corrected chi connectivity index (χ2v) is 5.96. The first-order valence-corrected chi connectivity index (χ1v) is 8.19. The van der Waals surface area contributed by atoms with E-state index in [0.29, 0.717) is 24.1 Å². The molecule has 6 heteroatoms.